The Morgan fingerprint density at radius 1 is 1.43 bits per heavy atom. The zero-order valence-electron chi connectivity index (χ0n) is 7.34. The van der Waals surface area contributed by atoms with Gasteiger partial charge in [0.15, 0.2) is 0 Å². The second-order valence-electron chi connectivity index (χ2n) is 2.75. The minimum Gasteiger partial charge on any atom is -0.324 e. The standard InChI is InChI=1S/C9H10BrF2N.ClH/c10-6-1-2-7(8(12)5-6)9(13)3-4-11;/h1-2,5,9H,3-4,13H2;1H/t9-;/m1./s1. The molecule has 0 radical (unpaired) electrons. The summed E-state index contributed by atoms with van der Waals surface area (Å²) in [4.78, 5) is 0. The Balaban J connectivity index is 0.00000169. The van der Waals surface area contributed by atoms with Gasteiger partial charge in [0.2, 0.25) is 0 Å². The first kappa shape index (κ1) is 13.8. The smallest absolute Gasteiger partial charge is 0.129 e. The number of hydrogen-bond acceptors (Lipinski definition) is 1. The summed E-state index contributed by atoms with van der Waals surface area (Å²) in [5, 5.41) is 0. The lowest BCUT2D eigenvalue weighted by Gasteiger charge is -2.10. The van der Waals surface area contributed by atoms with Crippen molar-refractivity contribution in [2.45, 2.75) is 12.5 Å². The molecule has 1 atom stereocenters. The van der Waals surface area contributed by atoms with Gasteiger partial charge in [-0.05, 0) is 18.6 Å². The van der Waals surface area contributed by atoms with Crippen molar-refractivity contribution in [3.05, 3.63) is 34.1 Å². The Kier molecular flexibility index (Phi) is 6.24. The van der Waals surface area contributed by atoms with E-state index in [1.807, 2.05) is 0 Å². The molecule has 0 heterocycles. The number of rotatable bonds is 3. The van der Waals surface area contributed by atoms with Gasteiger partial charge >= 0.3 is 0 Å². The van der Waals surface area contributed by atoms with Crippen LogP contribution >= 0.6 is 28.3 Å². The number of hydrogen-bond donors (Lipinski definition) is 1. The Hall–Kier alpha value is -0.190. The molecule has 0 aliphatic heterocycles. The Morgan fingerprint density at radius 2 is 2.07 bits per heavy atom. The van der Waals surface area contributed by atoms with E-state index in [4.69, 9.17) is 5.73 Å². The van der Waals surface area contributed by atoms with E-state index in [0.29, 0.717) is 10.0 Å². The van der Waals surface area contributed by atoms with E-state index in [1.54, 1.807) is 12.1 Å². The molecule has 1 rings (SSSR count). The molecule has 0 saturated heterocycles. The summed E-state index contributed by atoms with van der Waals surface area (Å²) in [5.41, 5.74) is 5.92. The molecule has 0 amide bonds. The van der Waals surface area contributed by atoms with Crippen molar-refractivity contribution in [2.75, 3.05) is 6.67 Å². The molecule has 0 spiro atoms. The molecule has 0 fully saturated rings. The molecule has 0 unspecified atom stereocenters. The molecular formula is C9H11BrClF2N. The van der Waals surface area contributed by atoms with Crippen molar-refractivity contribution >= 4 is 28.3 Å². The highest BCUT2D eigenvalue weighted by atomic mass is 79.9. The first-order valence-electron chi connectivity index (χ1n) is 3.91. The predicted octanol–water partition coefficient (Wildman–Crippen LogP) is 3.37. The second kappa shape index (κ2) is 6.32. The van der Waals surface area contributed by atoms with Gasteiger partial charge in [-0.3, -0.25) is 4.39 Å². The van der Waals surface area contributed by atoms with Crippen molar-refractivity contribution in [3.63, 3.8) is 0 Å². The number of halogens is 4. The molecule has 80 valence electrons. The molecule has 0 bridgehead atoms. The summed E-state index contributed by atoms with van der Waals surface area (Å²) in [7, 11) is 0. The fourth-order valence-corrected chi connectivity index (χ4v) is 1.41. The van der Waals surface area contributed by atoms with E-state index >= 15 is 0 Å². The normalized spacial score (nSPS) is 12.0. The van der Waals surface area contributed by atoms with Crippen LogP contribution in [-0.4, -0.2) is 6.67 Å². The quantitative estimate of drug-likeness (QED) is 0.906. The minimum atomic E-state index is -0.557. The van der Waals surface area contributed by atoms with Crippen LogP contribution < -0.4 is 5.73 Å². The van der Waals surface area contributed by atoms with E-state index < -0.39 is 18.5 Å². The molecule has 1 aromatic carbocycles. The lowest BCUT2D eigenvalue weighted by atomic mass is 10.1. The average Bonchev–Trinajstić information content (AvgIpc) is 2.04. The molecule has 1 nitrogen and oxygen atoms in total. The Labute approximate surface area is 96.2 Å². The Bertz CT molecular complexity index is 296. The first-order valence-corrected chi connectivity index (χ1v) is 4.71. The van der Waals surface area contributed by atoms with Crippen molar-refractivity contribution in [2.24, 2.45) is 5.73 Å². The topological polar surface area (TPSA) is 26.0 Å². The van der Waals surface area contributed by atoms with E-state index in [9.17, 15) is 8.78 Å². The van der Waals surface area contributed by atoms with Crippen LogP contribution in [0.15, 0.2) is 22.7 Å². The molecule has 0 saturated carbocycles. The van der Waals surface area contributed by atoms with Crippen LogP contribution in [0, 0.1) is 5.82 Å². The maximum atomic E-state index is 13.2. The van der Waals surface area contributed by atoms with Gasteiger partial charge in [0.25, 0.3) is 0 Å². The first-order chi connectivity index (χ1) is 6.15. The molecular weight excluding hydrogens is 275 g/mol. The van der Waals surface area contributed by atoms with Gasteiger partial charge in [0.05, 0.1) is 6.67 Å². The predicted molar refractivity (Wildman–Crippen MR) is 58.9 cm³/mol. The van der Waals surface area contributed by atoms with Crippen LogP contribution in [0.2, 0.25) is 0 Å². The van der Waals surface area contributed by atoms with E-state index in [0.717, 1.165) is 0 Å². The number of nitrogens with two attached hydrogens (primary N) is 1. The van der Waals surface area contributed by atoms with Gasteiger partial charge in [0, 0.05) is 16.1 Å². The Morgan fingerprint density at radius 3 is 2.57 bits per heavy atom. The largest absolute Gasteiger partial charge is 0.324 e. The summed E-state index contributed by atoms with van der Waals surface area (Å²) in [6, 6.07) is 4.03. The van der Waals surface area contributed by atoms with Gasteiger partial charge in [-0.1, -0.05) is 22.0 Å². The lowest BCUT2D eigenvalue weighted by molar-refractivity contribution is 0.435. The van der Waals surface area contributed by atoms with Gasteiger partial charge < -0.3 is 5.73 Å². The second-order valence-corrected chi connectivity index (χ2v) is 3.67. The molecule has 2 N–H and O–H groups in total. The van der Waals surface area contributed by atoms with Gasteiger partial charge in [-0.2, -0.15) is 0 Å². The third-order valence-corrected chi connectivity index (χ3v) is 2.28. The van der Waals surface area contributed by atoms with Crippen LogP contribution in [0.4, 0.5) is 8.78 Å². The van der Waals surface area contributed by atoms with Crippen LogP contribution in [0.1, 0.15) is 18.0 Å². The zero-order valence-corrected chi connectivity index (χ0v) is 9.75. The fraction of sp³-hybridized carbons (Fsp3) is 0.333. The third-order valence-electron chi connectivity index (χ3n) is 1.78. The average molecular weight is 287 g/mol. The summed E-state index contributed by atoms with van der Waals surface area (Å²) < 4.78 is 25.8. The maximum Gasteiger partial charge on any atom is 0.129 e. The molecule has 0 aliphatic carbocycles. The summed E-state index contributed by atoms with van der Waals surface area (Å²) in [6.07, 6.45) is 0.151. The SMILES string of the molecule is Cl.N[C@H](CCF)c1ccc(Br)cc1F. The highest BCUT2D eigenvalue weighted by molar-refractivity contribution is 9.10. The summed E-state index contributed by atoms with van der Waals surface area (Å²) in [6.45, 7) is -0.531. The number of benzene rings is 1. The highest BCUT2D eigenvalue weighted by Gasteiger charge is 2.10. The zero-order chi connectivity index (χ0) is 9.84. The van der Waals surface area contributed by atoms with Crippen molar-refractivity contribution in [3.8, 4) is 0 Å². The van der Waals surface area contributed by atoms with E-state index in [1.165, 1.54) is 6.07 Å². The van der Waals surface area contributed by atoms with E-state index in [-0.39, 0.29) is 18.8 Å². The lowest BCUT2D eigenvalue weighted by Crippen LogP contribution is -2.12. The summed E-state index contributed by atoms with van der Waals surface area (Å²) in [5.74, 6) is -0.393. The molecule has 0 aliphatic rings. The van der Waals surface area contributed by atoms with Crippen molar-refractivity contribution < 1.29 is 8.78 Å². The maximum absolute atomic E-state index is 13.2. The minimum absolute atomic E-state index is 0. The van der Waals surface area contributed by atoms with Crippen LogP contribution in [0.5, 0.6) is 0 Å². The molecule has 1 aromatic rings. The van der Waals surface area contributed by atoms with Crippen molar-refractivity contribution in [1.82, 2.24) is 0 Å². The molecule has 14 heavy (non-hydrogen) atoms. The van der Waals surface area contributed by atoms with Crippen LogP contribution in [0.3, 0.4) is 0 Å². The molecule has 0 aromatic heterocycles. The van der Waals surface area contributed by atoms with Crippen LogP contribution in [0.25, 0.3) is 0 Å². The van der Waals surface area contributed by atoms with Gasteiger partial charge in [0.1, 0.15) is 5.82 Å². The monoisotopic (exact) mass is 285 g/mol. The van der Waals surface area contributed by atoms with Gasteiger partial charge in [-0.15, -0.1) is 12.4 Å². The van der Waals surface area contributed by atoms with Crippen LogP contribution in [-0.2, 0) is 0 Å². The molecule has 5 heteroatoms. The highest BCUT2D eigenvalue weighted by Crippen LogP contribution is 2.21. The fourth-order valence-electron chi connectivity index (χ4n) is 1.08. The summed E-state index contributed by atoms with van der Waals surface area (Å²) >= 11 is 3.13. The third kappa shape index (κ3) is 3.52. The van der Waals surface area contributed by atoms with Crippen molar-refractivity contribution in [1.29, 1.82) is 0 Å². The van der Waals surface area contributed by atoms with Gasteiger partial charge in [-0.25, -0.2) is 4.39 Å². The number of alkyl halides is 1. The van der Waals surface area contributed by atoms with E-state index in [2.05, 4.69) is 15.9 Å².